The molecule has 1 aliphatic heterocycles. The Bertz CT molecular complexity index is 662. The minimum atomic E-state index is -0.526. The Morgan fingerprint density at radius 2 is 2.19 bits per heavy atom. The number of H-pyrrole nitrogens is 1. The summed E-state index contributed by atoms with van der Waals surface area (Å²) in [5.41, 5.74) is 2.28. The lowest BCUT2D eigenvalue weighted by Crippen LogP contribution is -2.45. The van der Waals surface area contributed by atoms with E-state index in [9.17, 15) is 9.59 Å². The number of carbonyl (C=O) groups is 2. The number of aromatic nitrogens is 1. The Balaban J connectivity index is 1.56. The molecule has 1 fully saturated rings. The Kier molecular flexibility index (Phi) is 3.90. The summed E-state index contributed by atoms with van der Waals surface area (Å²) in [7, 11) is 0. The van der Waals surface area contributed by atoms with Crippen LogP contribution in [0.4, 0.5) is 0 Å². The zero-order valence-corrected chi connectivity index (χ0v) is 11.8. The van der Waals surface area contributed by atoms with E-state index in [1.807, 2.05) is 24.4 Å². The minimum absolute atomic E-state index is 0.147. The fraction of sp³-hybridized carbons (Fsp3) is 0.375. The number of aromatic amines is 1. The van der Waals surface area contributed by atoms with Gasteiger partial charge in [-0.25, -0.2) is 0 Å². The van der Waals surface area contributed by atoms with Gasteiger partial charge in [-0.15, -0.1) is 0 Å². The lowest BCUT2D eigenvalue weighted by Gasteiger charge is -2.20. The molecular weight excluding hydrogens is 266 g/mol. The summed E-state index contributed by atoms with van der Waals surface area (Å²) in [4.78, 5) is 26.9. The van der Waals surface area contributed by atoms with Crippen LogP contribution in [-0.2, 0) is 16.0 Å². The number of hydrogen-bond acceptors (Lipinski definition) is 2. The molecule has 3 rings (SSSR count). The minimum Gasteiger partial charge on any atom is -0.361 e. The summed E-state index contributed by atoms with van der Waals surface area (Å²) in [5.74, 6) is -0.834. The molecule has 0 saturated carbocycles. The number of benzene rings is 1. The van der Waals surface area contributed by atoms with Gasteiger partial charge in [-0.1, -0.05) is 18.2 Å². The normalized spacial score (nSPS) is 18.5. The highest BCUT2D eigenvalue weighted by Crippen LogP contribution is 2.18. The predicted molar refractivity (Wildman–Crippen MR) is 80.7 cm³/mol. The highest BCUT2D eigenvalue weighted by atomic mass is 16.2. The number of para-hydroxylation sites is 1. The van der Waals surface area contributed by atoms with E-state index >= 15 is 0 Å². The summed E-state index contributed by atoms with van der Waals surface area (Å²) in [6.07, 6.45) is 4.24. The Morgan fingerprint density at radius 3 is 3.05 bits per heavy atom. The molecule has 0 bridgehead atoms. The van der Waals surface area contributed by atoms with E-state index in [1.165, 1.54) is 10.9 Å². The number of hydrogen-bond donors (Lipinski definition) is 3. The molecule has 5 nitrogen and oxygen atoms in total. The van der Waals surface area contributed by atoms with E-state index in [2.05, 4.69) is 21.7 Å². The standard InChI is InChI=1S/C16H19N3O2/c20-15-13(5-3-8-17-15)16(21)18-9-7-11-10-19-14-6-2-1-4-12(11)14/h1-2,4,6,10,13,19H,3,5,7-9H2,(H,17,20)(H,18,21). The largest absolute Gasteiger partial charge is 0.361 e. The van der Waals surface area contributed by atoms with Crippen LogP contribution >= 0.6 is 0 Å². The van der Waals surface area contributed by atoms with Gasteiger partial charge in [-0.3, -0.25) is 9.59 Å². The van der Waals surface area contributed by atoms with Crippen LogP contribution in [-0.4, -0.2) is 29.9 Å². The smallest absolute Gasteiger partial charge is 0.232 e. The first-order valence-electron chi connectivity index (χ1n) is 7.36. The second-order valence-electron chi connectivity index (χ2n) is 5.39. The maximum Gasteiger partial charge on any atom is 0.232 e. The molecule has 3 N–H and O–H groups in total. The zero-order valence-electron chi connectivity index (χ0n) is 11.8. The monoisotopic (exact) mass is 285 g/mol. The number of rotatable bonds is 4. The molecule has 1 aromatic heterocycles. The molecule has 110 valence electrons. The summed E-state index contributed by atoms with van der Waals surface area (Å²) in [6, 6.07) is 8.10. The van der Waals surface area contributed by atoms with Crippen LogP contribution in [0.1, 0.15) is 18.4 Å². The van der Waals surface area contributed by atoms with E-state index in [1.54, 1.807) is 0 Å². The van der Waals surface area contributed by atoms with E-state index in [0.29, 0.717) is 19.5 Å². The quantitative estimate of drug-likeness (QED) is 0.742. The van der Waals surface area contributed by atoms with E-state index in [-0.39, 0.29) is 11.8 Å². The number of nitrogens with one attached hydrogen (secondary N) is 3. The van der Waals surface area contributed by atoms with Crippen LogP contribution in [0.2, 0.25) is 0 Å². The number of piperidine rings is 1. The molecular formula is C16H19N3O2. The van der Waals surface area contributed by atoms with E-state index in [0.717, 1.165) is 18.4 Å². The lowest BCUT2D eigenvalue weighted by atomic mass is 9.98. The van der Waals surface area contributed by atoms with Crippen LogP contribution < -0.4 is 10.6 Å². The third-order valence-electron chi connectivity index (χ3n) is 3.97. The first-order valence-corrected chi connectivity index (χ1v) is 7.36. The van der Waals surface area contributed by atoms with Gasteiger partial charge < -0.3 is 15.6 Å². The van der Waals surface area contributed by atoms with Gasteiger partial charge in [0.25, 0.3) is 0 Å². The highest BCUT2D eigenvalue weighted by Gasteiger charge is 2.28. The fourth-order valence-electron chi connectivity index (χ4n) is 2.80. The molecule has 21 heavy (non-hydrogen) atoms. The van der Waals surface area contributed by atoms with Crippen molar-refractivity contribution in [3.05, 3.63) is 36.0 Å². The van der Waals surface area contributed by atoms with Gasteiger partial charge in [0.05, 0.1) is 0 Å². The topological polar surface area (TPSA) is 74.0 Å². The Hall–Kier alpha value is -2.30. The third-order valence-corrected chi connectivity index (χ3v) is 3.97. The Morgan fingerprint density at radius 1 is 1.33 bits per heavy atom. The average molecular weight is 285 g/mol. The molecule has 2 amide bonds. The predicted octanol–water partition coefficient (Wildman–Crippen LogP) is 1.35. The number of fused-ring (bicyclic) bond motifs is 1. The summed E-state index contributed by atoms with van der Waals surface area (Å²) in [6.45, 7) is 1.22. The Labute approximate surface area is 123 Å². The van der Waals surface area contributed by atoms with Crippen LogP contribution in [0.3, 0.4) is 0 Å². The number of carbonyl (C=O) groups excluding carboxylic acids is 2. The van der Waals surface area contributed by atoms with E-state index in [4.69, 9.17) is 0 Å². The van der Waals surface area contributed by atoms with Crippen LogP contribution in [0.5, 0.6) is 0 Å². The second kappa shape index (κ2) is 5.99. The van der Waals surface area contributed by atoms with Crippen molar-refractivity contribution in [1.29, 1.82) is 0 Å². The van der Waals surface area contributed by atoms with Crippen molar-refractivity contribution in [3.63, 3.8) is 0 Å². The first-order chi connectivity index (χ1) is 10.3. The number of amides is 2. The molecule has 1 aromatic carbocycles. The van der Waals surface area contributed by atoms with Crippen molar-refractivity contribution in [2.75, 3.05) is 13.1 Å². The maximum absolute atomic E-state index is 12.0. The van der Waals surface area contributed by atoms with Gasteiger partial charge in [0.2, 0.25) is 11.8 Å². The van der Waals surface area contributed by atoms with E-state index < -0.39 is 5.92 Å². The second-order valence-corrected chi connectivity index (χ2v) is 5.39. The van der Waals surface area contributed by atoms with Gasteiger partial charge in [-0.2, -0.15) is 0 Å². The fourth-order valence-corrected chi connectivity index (χ4v) is 2.80. The lowest BCUT2D eigenvalue weighted by molar-refractivity contribution is -0.136. The van der Waals surface area contributed by atoms with Crippen molar-refractivity contribution in [2.45, 2.75) is 19.3 Å². The van der Waals surface area contributed by atoms with Gasteiger partial charge in [0.1, 0.15) is 5.92 Å². The molecule has 1 atom stereocenters. The van der Waals surface area contributed by atoms with Crippen molar-refractivity contribution < 1.29 is 9.59 Å². The molecule has 1 unspecified atom stereocenters. The molecule has 2 heterocycles. The molecule has 0 aliphatic carbocycles. The maximum atomic E-state index is 12.0. The molecule has 0 radical (unpaired) electrons. The zero-order chi connectivity index (χ0) is 14.7. The molecule has 2 aromatic rings. The van der Waals surface area contributed by atoms with Gasteiger partial charge >= 0.3 is 0 Å². The summed E-state index contributed by atoms with van der Waals surface area (Å²) >= 11 is 0. The average Bonchev–Trinajstić information content (AvgIpc) is 2.91. The van der Waals surface area contributed by atoms with Crippen LogP contribution in [0, 0.1) is 5.92 Å². The van der Waals surface area contributed by atoms with Crippen molar-refractivity contribution in [2.24, 2.45) is 5.92 Å². The van der Waals surface area contributed by atoms with Crippen molar-refractivity contribution in [1.82, 2.24) is 15.6 Å². The SMILES string of the molecule is O=C1NCCCC1C(=O)NCCc1c[nH]c2ccccc12. The van der Waals surface area contributed by atoms with Gasteiger partial charge in [-0.05, 0) is 30.9 Å². The van der Waals surface area contributed by atoms with Gasteiger partial charge in [0.15, 0.2) is 0 Å². The van der Waals surface area contributed by atoms with Crippen LogP contribution in [0.15, 0.2) is 30.5 Å². The summed E-state index contributed by atoms with van der Waals surface area (Å²) < 4.78 is 0. The van der Waals surface area contributed by atoms with Crippen LogP contribution in [0.25, 0.3) is 10.9 Å². The molecule has 1 saturated heterocycles. The van der Waals surface area contributed by atoms with Crippen molar-refractivity contribution >= 4 is 22.7 Å². The summed E-state index contributed by atoms with van der Waals surface area (Å²) in [5, 5.41) is 6.79. The molecule has 1 aliphatic rings. The molecule has 5 heteroatoms. The first kappa shape index (κ1) is 13.7. The third kappa shape index (κ3) is 2.91. The van der Waals surface area contributed by atoms with Gasteiger partial charge in [0, 0.05) is 30.2 Å². The molecule has 0 spiro atoms. The van der Waals surface area contributed by atoms with Crippen molar-refractivity contribution in [3.8, 4) is 0 Å². The highest BCUT2D eigenvalue weighted by molar-refractivity contribution is 6.00.